The van der Waals surface area contributed by atoms with Crippen molar-refractivity contribution in [1.82, 2.24) is 10.6 Å². The first-order valence-electron chi connectivity index (χ1n) is 11.7. The highest BCUT2D eigenvalue weighted by atomic mass is 35.5. The Morgan fingerprint density at radius 1 is 1.09 bits per heavy atom. The summed E-state index contributed by atoms with van der Waals surface area (Å²) < 4.78 is 6.43. The van der Waals surface area contributed by atoms with Crippen LogP contribution < -0.4 is 15.4 Å². The number of benzene rings is 2. The van der Waals surface area contributed by atoms with Crippen molar-refractivity contribution in [3.8, 4) is 11.8 Å². The molecule has 34 heavy (non-hydrogen) atoms. The van der Waals surface area contributed by atoms with E-state index in [1.54, 1.807) is 30.3 Å². The molecule has 2 aromatic rings. The molecule has 0 radical (unpaired) electrons. The number of carbonyl (C=O) groups excluding carboxylic acids is 1. The van der Waals surface area contributed by atoms with Gasteiger partial charge in [0.2, 0.25) is 0 Å². The molecule has 0 bridgehead atoms. The lowest BCUT2D eigenvalue weighted by molar-refractivity contribution is -0.239. The summed E-state index contributed by atoms with van der Waals surface area (Å²) in [5.41, 5.74) is -0.724. The zero-order chi connectivity index (χ0) is 25.0. The molecule has 1 aliphatic carbocycles. The van der Waals surface area contributed by atoms with Crippen LogP contribution in [0, 0.1) is 22.2 Å². The number of halogens is 1. The van der Waals surface area contributed by atoms with Gasteiger partial charge in [0.05, 0.1) is 10.6 Å². The molecule has 1 saturated carbocycles. The van der Waals surface area contributed by atoms with Crippen LogP contribution in [0.15, 0.2) is 48.5 Å². The largest absolute Gasteiger partial charge is 0.489 e. The lowest BCUT2D eigenvalue weighted by Gasteiger charge is -2.71. The third-order valence-corrected chi connectivity index (χ3v) is 7.43. The van der Waals surface area contributed by atoms with E-state index in [-0.39, 0.29) is 18.6 Å². The van der Waals surface area contributed by atoms with Crippen molar-refractivity contribution in [3.63, 3.8) is 0 Å². The number of aliphatic hydroxyl groups is 1. The molecule has 182 valence electrons. The number of hydrogen-bond acceptors (Lipinski definition) is 5. The molecule has 2 aromatic carbocycles. The second-order valence-corrected chi connectivity index (χ2v) is 10.4. The van der Waals surface area contributed by atoms with Gasteiger partial charge in [0.25, 0.3) is 5.91 Å². The number of nitriles is 1. The van der Waals surface area contributed by atoms with E-state index in [0.717, 1.165) is 19.3 Å². The Morgan fingerprint density at radius 3 is 2.35 bits per heavy atom. The average molecular weight is 484 g/mol. The molecule has 0 unspecified atom stereocenters. The van der Waals surface area contributed by atoms with Crippen molar-refractivity contribution in [2.45, 2.75) is 58.7 Å². The number of ether oxygens (including phenoxy) is 1. The van der Waals surface area contributed by atoms with Gasteiger partial charge in [0.1, 0.15) is 23.6 Å². The maximum atomic E-state index is 13.3. The molecule has 3 N–H and O–H groups in total. The molecule has 1 fully saturated rings. The molecule has 0 aliphatic heterocycles. The Kier molecular flexibility index (Phi) is 7.92. The highest BCUT2D eigenvalue weighted by Gasteiger charge is 2.74. The third-order valence-electron chi connectivity index (χ3n) is 7.12. The van der Waals surface area contributed by atoms with Gasteiger partial charge in [-0.25, -0.2) is 0 Å². The molecule has 0 saturated heterocycles. The molecule has 3 rings (SSSR count). The molecule has 0 aromatic heterocycles. The highest BCUT2D eigenvalue weighted by molar-refractivity contribution is 6.31. The third kappa shape index (κ3) is 4.65. The SMILES string of the molecule is CC1(C)C(Oc2ccc(C#N)c(Cl)c2)C(C)(C)C1(NCCCCCO)NC(=O)c1ccccc1. The van der Waals surface area contributed by atoms with Gasteiger partial charge in [0, 0.05) is 29.1 Å². The van der Waals surface area contributed by atoms with Gasteiger partial charge in [-0.3, -0.25) is 10.1 Å². The minimum Gasteiger partial charge on any atom is -0.489 e. The zero-order valence-corrected chi connectivity index (χ0v) is 21.1. The van der Waals surface area contributed by atoms with Crippen molar-refractivity contribution in [2.24, 2.45) is 10.8 Å². The lowest BCUT2D eigenvalue weighted by Crippen LogP contribution is -2.88. The number of aliphatic hydroxyl groups excluding tert-OH is 1. The first-order valence-corrected chi connectivity index (χ1v) is 12.1. The summed E-state index contributed by atoms with van der Waals surface area (Å²) in [6.45, 7) is 9.20. The molecule has 1 aliphatic rings. The molecular formula is C27H34ClN3O3. The first kappa shape index (κ1) is 26.0. The average Bonchev–Trinajstić information content (AvgIpc) is 2.81. The van der Waals surface area contributed by atoms with Gasteiger partial charge in [-0.2, -0.15) is 5.26 Å². The molecule has 1 amide bonds. The molecule has 6 nitrogen and oxygen atoms in total. The van der Waals surface area contributed by atoms with E-state index < -0.39 is 16.5 Å². The van der Waals surface area contributed by atoms with E-state index >= 15 is 0 Å². The summed E-state index contributed by atoms with van der Waals surface area (Å²) in [5, 5.41) is 25.6. The van der Waals surface area contributed by atoms with Gasteiger partial charge in [0.15, 0.2) is 0 Å². The van der Waals surface area contributed by atoms with Crippen LogP contribution in [0.4, 0.5) is 0 Å². The fourth-order valence-corrected chi connectivity index (χ4v) is 5.69. The van der Waals surface area contributed by atoms with Crippen molar-refractivity contribution in [2.75, 3.05) is 13.2 Å². The topological polar surface area (TPSA) is 94.4 Å². The van der Waals surface area contributed by atoms with Crippen molar-refractivity contribution >= 4 is 17.5 Å². The van der Waals surface area contributed by atoms with Crippen molar-refractivity contribution in [3.05, 3.63) is 64.7 Å². The van der Waals surface area contributed by atoms with E-state index in [1.165, 1.54) is 0 Å². The van der Waals surface area contributed by atoms with Gasteiger partial charge >= 0.3 is 0 Å². The minimum absolute atomic E-state index is 0.149. The molecule has 0 heterocycles. The number of rotatable bonds is 10. The van der Waals surface area contributed by atoms with Gasteiger partial charge in [-0.1, -0.05) is 57.5 Å². The van der Waals surface area contributed by atoms with Crippen molar-refractivity contribution in [1.29, 1.82) is 5.26 Å². The van der Waals surface area contributed by atoms with E-state index in [4.69, 9.17) is 26.7 Å². The Morgan fingerprint density at radius 2 is 1.76 bits per heavy atom. The van der Waals surface area contributed by atoms with E-state index in [1.807, 2.05) is 18.2 Å². The number of hydrogen-bond donors (Lipinski definition) is 3. The first-order chi connectivity index (χ1) is 16.1. The number of amides is 1. The van der Waals surface area contributed by atoms with Crippen LogP contribution in [0.1, 0.15) is 62.9 Å². The predicted molar refractivity (Wildman–Crippen MR) is 134 cm³/mol. The summed E-state index contributed by atoms with van der Waals surface area (Å²) >= 11 is 6.23. The summed E-state index contributed by atoms with van der Waals surface area (Å²) in [5.74, 6) is 0.436. The van der Waals surface area contributed by atoms with Crippen molar-refractivity contribution < 1.29 is 14.6 Å². The highest BCUT2D eigenvalue weighted by Crippen LogP contribution is 2.61. The standard InChI is InChI=1S/C27H34ClN3O3/c1-25(2)24(34-21-14-13-20(18-29)22(28)17-21)26(3,4)27(25,30-15-9-6-10-16-32)31-23(33)19-11-7-5-8-12-19/h5,7-8,11-14,17,24,30,32H,6,9-10,15-16H2,1-4H3,(H,31,33). The Labute approximate surface area is 207 Å². The van der Waals surface area contributed by atoms with Crippen LogP contribution in [0.25, 0.3) is 0 Å². The van der Waals surface area contributed by atoms with E-state index in [2.05, 4.69) is 44.4 Å². The molecule has 7 heteroatoms. The molecular weight excluding hydrogens is 450 g/mol. The maximum Gasteiger partial charge on any atom is 0.252 e. The number of nitrogens with zero attached hydrogens (tertiary/aromatic N) is 1. The molecule has 0 spiro atoms. The smallest absolute Gasteiger partial charge is 0.252 e. The number of unbranched alkanes of at least 4 members (excludes halogenated alkanes) is 2. The number of nitrogens with one attached hydrogen (secondary N) is 2. The second-order valence-electron chi connectivity index (χ2n) is 9.98. The van der Waals surface area contributed by atoms with Crippen LogP contribution in [0.5, 0.6) is 5.75 Å². The normalized spacial score (nSPS) is 22.3. The summed E-state index contributed by atoms with van der Waals surface area (Å²) in [4.78, 5) is 13.3. The van der Waals surface area contributed by atoms with Crippen LogP contribution in [0.3, 0.4) is 0 Å². The van der Waals surface area contributed by atoms with E-state index in [0.29, 0.717) is 28.4 Å². The zero-order valence-electron chi connectivity index (χ0n) is 20.3. The van der Waals surface area contributed by atoms with Gasteiger partial charge in [-0.15, -0.1) is 0 Å². The monoisotopic (exact) mass is 483 g/mol. The quantitative estimate of drug-likeness (QED) is 0.330. The van der Waals surface area contributed by atoms with Crippen LogP contribution in [-0.4, -0.2) is 35.9 Å². The van der Waals surface area contributed by atoms with Crippen LogP contribution >= 0.6 is 11.6 Å². The summed E-state index contributed by atoms with van der Waals surface area (Å²) in [6, 6.07) is 16.3. The van der Waals surface area contributed by atoms with Gasteiger partial charge < -0.3 is 15.2 Å². The van der Waals surface area contributed by atoms with Crippen LogP contribution in [-0.2, 0) is 0 Å². The maximum absolute atomic E-state index is 13.3. The number of carbonyl (C=O) groups is 1. The second kappa shape index (κ2) is 10.4. The van der Waals surface area contributed by atoms with Crippen LogP contribution in [0.2, 0.25) is 5.02 Å². The van der Waals surface area contributed by atoms with E-state index in [9.17, 15) is 4.79 Å². The Balaban J connectivity index is 1.89. The Hall–Kier alpha value is -2.59. The summed E-state index contributed by atoms with van der Waals surface area (Å²) in [7, 11) is 0. The predicted octanol–water partition coefficient (Wildman–Crippen LogP) is 4.90. The van der Waals surface area contributed by atoms with Gasteiger partial charge in [-0.05, 0) is 50.1 Å². The lowest BCUT2D eigenvalue weighted by atomic mass is 9.44. The minimum atomic E-state index is -0.743. The fourth-order valence-electron chi connectivity index (χ4n) is 5.48. The Bertz CT molecular complexity index is 1030. The summed E-state index contributed by atoms with van der Waals surface area (Å²) in [6.07, 6.45) is 2.29. The molecule has 0 atom stereocenters. The fraction of sp³-hybridized carbons (Fsp3) is 0.481.